The predicted octanol–water partition coefficient (Wildman–Crippen LogP) is 4.83. The molecule has 0 aliphatic carbocycles. The molecule has 0 fully saturated rings. The molecule has 2 N–H and O–H groups in total. The third-order valence-electron chi connectivity index (χ3n) is 4.06. The molecule has 8 heteroatoms. The van der Waals surface area contributed by atoms with Crippen LogP contribution in [0.1, 0.15) is 10.6 Å². The molecule has 0 unspecified atom stereocenters. The average Bonchev–Trinajstić information content (AvgIpc) is 3.19. The van der Waals surface area contributed by atoms with Crippen molar-refractivity contribution in [3.8, 4) is 11.3 Å². The summed E-state index contributed by atoms with van der Waals surface area (Å²) in [7, 11) is 0. The van der Waals surface area contributed by atoms with Crippen LogP contribution in [0.25, 0.3) is 22.3 Å². The van der Waals surface area contributed by atoms with Crippen LogP contribution in [0.4, 0.5) is 5.69 Å². The van der Waals surface area contributed by atoms with Crippen molar-refractivity contribution in [2.45, 2.75) is 0 Å². The molecule has 144 valence electrons. The van der Waals surface area contributed by atoms with E-state index in [-0.39, 0.29) is 10.9 Å². The van der Waals surface area contributed by atoms with Crippen LogP contribution >= 0.6 is 23.8 Å². The number of benzene rings is 2. The van der Waals surface area contributed by atoms with Crippen molar-refractivity contribution < 1.29 is 13.6 Å². The Morgan fingerprint density at radius 3 is 2.52 bits per heavy atom. The van der Waals surface area contributed by atoms with Gasteiger partial charge < -0.3 is 14.2 Å². The van der Waals surface area contributed by atoms with Gasteiger partial charge in [-0.25, -0.2) is 4.79 Å². The van der Waals surface area contributed by atoms with Crippen LogP contribution in [0.5, 0.6) is 0 Å². The Morgan fingerprint density at radius 1 is 0.931 bits per heavy atom. The summed E-state index contributed by atoms with van der Waals surface area (Å²) >= 11 is 11.1. The molecule has 4 rings (SSSR count). The van der Waals surface area contributed by atoms with Gasteiger partial charge in [0.05, 0.1) is 0 Å². The first-order chi connectivity index (χ1) is 14.0. The molecule has 29 heavy (non-hydrogen) atoms. The minimum absolute atomic E-state index is 0.108. The van der Waals surface area contributed by atoms with Gasteiger partial charge >= 0.3 is 5.63 Å². The standard InChI is InChI=1S/C21H13ClN2O4S/c22-14-4-1-12(2-5-14)16-8-9-18(27-16)20(26)24-21(29)23-15-6-7-17-13(11-15)3-10-19(25)28-17/h1-11H,(H2,23,24,26,29). The van der Waals surface area contributed by atoms with E-state index >= 15 is 0 Å². The van der Waals surface area contributed by atoms with E-state index in [2.05, 4.69) is 10.6 Å². The number of rotatable bonds is 3. The molecular weight excluding hydrogens is 412 g/mol. The highest BCUT2D eigenvalue weighted by Gasteiger charge is 2.14. The van der Waals surface area contributed by atoms with Crippen molar-refractivity contribution in [2.24, 2.45) is 0 Å². The number of anilines is 1. The number of carbonyl (C=O) groups is 1. The fourth-order valence-corrected chi connectivity index (χ4v) is 3.04. The van der Waals surface area contributed by atoms with Crippen molar-refractivity contribution in [3.05, 3.63) is 87.9 Å². The van der Waals surface area contributed by atoms with E-state index in [4.69, 9.17) is 32.7 Å². The molecule has 2 aromatic carbocycles. The highest BCUT2D eigenvalue weighted by Crippen LogP contribution is 2.24. The normalized spacial score (nSPS) is 10.7. The summed E-state index contributed by atoms with van der Waals surface area (Å²) in [5.41, 5.74) is 1.48. The van der Waals surface area contributed by atoms with Crippen LogP contribution in [-0.4, -0.2) is 11.0 Å². The quantitative estimate of drug-likeness (QED) is 0.362. The Hall–Kier alpha value is -3.42. The average molecular weight is 425 g/mol. The molecule has 0 bridgehead atoms. The van der Waals surface area contributed by atoms with Gasteiger partial charge in [-0.05, 0) is 72.9 Å². The number of amides is 1. The monoisotopic (exact) mass is 424 g/mol. The SMILES string of the molecule is O=C(NC(=S)Nc1ccc2oc(=O)ccc2c1)c1ccc(-c2ccc(Cl)cc2)o1. The van der Waals surface area contributed by atoms with Crippen molar-refractivity contribution in [2.75, 3.05) is 5.32 Å². The van der Waals surface area contributed by atoms with Crippen LogP contribution in [0.3, 0.4) is 0 Å². The minimum Gasteiger partial charge on any atom is -0.451 e. The molecule has 2 heterocycles. The molecule has 0 saturated heterocycles. The molecule has 6 nitrogen and oxygen atoms in total. The van der Waals surface area contributed by atoms with Crippen molar-refractivity contribution in [1.82, 2.24) is 5.32 Å². The Labute approximate surface area is 175 Å². The maximum Gasteiger partial charge on any atom is 0.336 e. The summed E-state index contributed by atoms with van der Waals surface area (Å²) in [5.74, 6) is 0.190. The van der Waals surface area contributed by atoms with Crippen LogP contribution in [0, 0.1) is 0 Å². The Balaban J connectivity index is 1.43. The number of carbonyl (C=O) groups excluding carboxylic acids is 1. The van der Waals surface area contributed by atoms with E-state index in [1.807, 2.05) is 0 Å². The topological polar surface area (TPSA) is 84.5 Å². The Morgan fingerprint density at radius 2 is 1.72 bits per heavy atom. The first kappa shape index (κ1) is 18.9. The summed E-state index contributed by atoms with van der Waals surface area (Å²) in [6.45, 7) is 0. The lowest BCUT2D eigenvalue weighted by molar-refractivity contribution is 0.0951. The van der Waals surface area contributed by atoms with Crippen molar-refractivity contribution >= 4 is 51.5 Å². The van der Waals surface area contributed by atoms with E-state index in [1.54, 1.807) is 60.7 Å². The van der Waals surface area contributed by atoms with Crippen molar-refractivity contribution in [1.29, 1.82) is 0 Å². The molecule has 0 radical (unpaired) electrons. The highest BCUT2D eigenvalue weighted by molar-refractivity contribution is 7.80. The zero-order chi connectivity index (χ0) is 20.4. The number of hydrogen-bond acceptors (Lipinski definition) is 5. The Bertz CT molecular complexity index is 1280. The molecule has 0 spiro atoms. The second-order valence-corrected chi connectivity index (χ2v) is 6.93. The van der Waals surface area contributed by atoms with E-state index in [0.717, 1.165) is 10.9 Å². The molecule has 4 aromatic rings. The second kappa shape index (κ2) is 7.90. The van der Waals surface area contributed by atoms with Gasteiger partial charge in [-0.15, -0.1) is 0 Å². The lowest BCUT2D eigenvalue weighted by atomic mass is 10.2. The van der Waals surface area contributed by atoms with Gasteiger partial charge in [0.15, 0.2) is 10.9 Å². The van der Waals surface area contributed by atoms with Gasteiger partial charge in [-0.3, -0.25) is 10.1 Å². The first-order valence-corrected chi connectivity index (χ1v) is 9.28. The van der Waals surface area contributed by atoms with Crippen LogP contribution in [-0.2, 0) is 0 Å². The number of fused-ring (bicyclic) bond motifs is 1. The lowest BCUT2D eigenvalue weighted by Crippen LogP contribution is -2.33. The fraction of sp³-hybridized carbons (Fsp3) is 0. The summed E-state index contributed by atoms with van der Waals surface area (Å²) in [5, 5.41) is 6.93. The molecule has 0 aliphatic rings. The smallest absolute Gasteiger partial charge is 0.336 e. The maximum atomic E-state index is 12.4. The Kier molecular flexibility index (Phi) is 5.16. The van der Waals surface area contributed by atoms with Gasteiger partial charge in [0.2, 0.25) is 0 Å². The summed E-state index contributed by atoms with van der Waals surface area (Å²) in [6.07, 6.45) is 0. The maximum absolute atomic E-state index is 12.4. The molecule has 1 amide bonds. The van der Waals surface area contributed by atoms with Gasteiger partial charge in [-0.2, -0.15) is 0 Å². The zero-order valence-electron chi connectivity index (χ0n) is 14.8. The van der Waals surface area contributed by atoms with E-state index < -0.39 is 11.5 Å². The van der Waals surface area contributed by atoms with Crippen LogP contribution < -0.4 is 16.3 Å². The lowest BCUT2D eigenvalue weighted by Gasteiger charge is -2.09. The zero-order valence-corrected chi connectivity index (χ0v) is 16.3. The molecule has 0 atom stereocenters. The summed E-state index contributed by atoms with van der Waals surface area (Å²) in [4.78, 5) is 23.6. The van der Waals surface area contributed by atoms with Gasteiger partial charge in [0.25, 0.3) is 5.91 Å². The van der Waals surface area contributed by atoms with Gasteiger partial charge in [0.1, 0.15) is 11.3 Å². The highest BCUT2D eigenvalue weighted by atomic mass is 35.5. The molecule has 0 aliphatic heterocycles. The number of halogens is 1. The van der Waals surface area contributed by atoms with E-state index in [0.29, 0.717) is 22.1 Å². The van der Waals surface area contributed by atoms with Crippen LogP contribution in [0.2, 0.25) is 5.02 Å². The second-order valence-electron chi connectivity index (χ2n) is 6.09. The molecule has 2 aromatic heterocycles. The van der Waals surface area contributed by atoms with Crippen molar-refractivity contribution in [3.63, 3.8) is 0 Å². The van der Waals surface area contributed by atoms with E-state index in [1.165, 1.54) is 6.07 Å². The predicted molar refractivity (Wildman–Crippen MR) is 115 cm³/mol. The number of thiocarbonyl (C=S) groups is 1. The van der Waals surface area contributed by atoms with Crippen LogP contribution in [0.15, 0.2) is 80.4 Å². The number of nitrogens with one attached hydrogen (secondary N) is 2. The fourth-order valence-electron chi connectivity index (χ4n) is 2.71. The number of hydrogen-bond donors (Lipinski definition) is 2. The summed E-state index contributed by atoms with van der Waals surface area (Å²) in [6, 6.07) is 18.4. The first-order valence-electron chi connectivity index (χ1n) is 8.50. The summed E-state index contributed by atoms with van der Waals surface area (Å²) < 4.78 is 10.7. The third-order valence-corrected chi connectivity index (χ3v) is 4.52. The van der Waals surface area contributed by atoms with E-state index in [9.17, 15) is 9.59 Å². The minimum atomic E-state index is -0.477. The molecular formula is C21H13ClN2O4S. The van der Waals surface area contributed by atoms with Gasteiger partial charge in [-0.1, -0.05) is 11.6 Å². The molecule has 0 saturated carbocycles. The third kappa shape index (κ3) is 4.37. The number of furan rings is 1. The largest absolute Gasteiger partial charge is 0.451 e. The van der Waals surface area contributed by atoms with Gasteiger partial charge in [0, 0.05) is 27.7 Å².